The molecule has 1 aliphatic carbocycles. The first kappa shape index (κ1) is 16.7. The summed E-state index contributed by atoms with van der Waals surface area (Å²) in [5.41, 5.74) is 9.58. The number of para-hydroxylation sites is 1. The molecule has 0 radical (unpaired) electrons. The Labute approximate surface area is 153 Å². The molecule has 0 bridgehead atoms. The summed E-state index contributed by atoms with van der Waals surface area (Å²) in [6, 6.07) is 19.9. The highest BCUT2D eigenvalue weighted by molar-refractivity contribution is 6.06. The lowest BCUT2D eigenvalue weighted by Crippen LogP contribution is -2.35. The molecule has 2 aromatic carbocycles. The van der Waals surface area contributed by atoms with Gasteiger partial charge in [-0.05, 0) is 30.5 Å². The van der Waals surface area contributed by atoms with Gasteiger partial charge in [0.15, 0.2) is 0 Å². The number of rotatable bonds is 6. The molecule has 3 aromatic rings. The molecule has 4 rings (SSSR count). The van der Waals surface area contributed by atoms with Gasteiger partial charge in [0, 0.05) is 36.6 Å². The Morgan fingerprint density at radius 2 is 1.81 bits per heavy atom. The fourth-order valence-electron chi connectivity index (χ4n) is 3.34. The van der Waals surface area contributed by atoms with Gasteiger partial charge in [-0.15, -0.1) is 0 Å². The summed E-state index contributed by atoms with van der Waals surface area (Å²) < 4.78 is 0. The van der Waals surface area contributed by atoms with E-state index in [9.17, 15) is 4.79 Å². The van der Waals surface area contributed by atoms with Gasteiger partial charge in [-0.3, -0.25) is 9.78 Å². The molecule has 4 heteroatoms. The van der Waals surface area contributed by atoms with Crippen molar-refractivity contribution in [2.75, 3.05) is 13.1 Å². The second-order valence-corrected chi connectivity index (χ2v) is 6.89. The molecule has 26 heavy (non-hydrogen) atoms. The number of aromatic nitrogens is 1. The van der Waals surface area contributed by atoms with Crippen molar-refractivity contribution in [3.05, 3.63) is 77.5 Å². The first-order valence-corrected chi connectivity index (χ1v) is 9.19. The van der Waals surface area contributed by atoms with Gasteiger partial charge in [-0.2, -0.15) is 0 Å². The molecule has 1 amide bonds. The van der Waals surface area contributed by atoms with Crippen molar-refractivity contribution in [3.63, 3.8) is 0 Å². The van der Waals surface area contributed by atoms with E-state index in [1.54, 1.807) is 0 Å². The zero-order valence-electron chi connectivity index (χ0n) is 14.8. The minimum Gasteiger partial charge on any atom is -0.333 e. The number of carbonyl (C=O) groups is 1. The Kier molecular flexibility index (Phi) is 4.67. The van der Waals surface area contributed by atoms with Crippen LogP contribution in [0.2, 0.25) is 0 Å². The molecule has 1 fully saturated rings. The van der Waals surface area contributed by atoms with Crippen molar-refractivity contribution in [2.45, 2.75) is 25.3 Å². The van der Waals surface area contributed by atoms with E-state index in [0.29, 0.717) is 25.6 Å². The topological polar surface area (TPSA) is 59.2 Å². The SMILES string of the molecule is NCCN(Cc1ccccc1)C(=O)c1cc(C2CC2)nc2ccccc12. The number of nitrogens with zero attached hydrogens (tertiary/aromatic N) is 2. The molecule has 1 aliphatic rings. The highest BCUT2D eigenvalue weighted by Crippen LogP contribution is 2.40. The molecule has 1 aromatic heterocycles. The van der Waals surface area contributed by atoms with E-state index in [4.69, 9.17) is 10.7 Å². The fraction of sp³-hybridized carbons (Fsp3) is 0.273. The summed E-state index contributed by atoms with van der Waals surface area (Å²) in [6.45, 7) is 1.53. The number of nitrogens with two attached hydrogens (primary N) is 1. The van der Waals surface area contributed by atoms with Gasteiger partial charge in [-0.1, -0.05) is 48.5 Å². The van der Waals surface area contributed by atoms with Crippen LogP contribution >= 0.6 is 0 Å². The van der Waals surface area contributed by atoms with Crippen LogP contribution in [0.25, 0.3) is 10.9 Å². The van der Waals surface area contributed by atoms with Crippen LogP contribution in [0.3, 0.4) is 0 Å². The Bertz CT molecular complexity index is 919. The molecular formula is C22H23N3O. The highest BCUT2D eigenvalue weighted by atomic mass is 16.2. The Balaban J connectivity index is 1.72. The standard InChI is InChI=1S/C22H23N3O/c23-12-13-25(15-16-6-2-1-3-7-16)22(26)19-14-21(17-10-11-17)24-20-9-5-4-8-18(19)20/h1-9,14,17H,10-13,15,23H2. The Morgan fingerprint density at radius 1 is 1.08 bits per heavy atom. The van der Waals surface area contributed by atoms with E-state index < -0.39 is 0 Å². The number of amides is 1. The molecular weight excluding hydrogens is 322 g/mol. The predicted octanol–water partition coefficient (Wildman–Crippen LogP) is 3.71. The van der Waals surface area contributed by atoms with E-state index in [-0.39, 0.29) is 5.91 Å². The molecule has 1 saturated carbocycles. The van der Waals surface area contributed by atoms with Crippen molar-refractivity contribution < 1.29 is 4.79 Å². The molecule has 0 unspecified atom stereocenters. The Hall–Kier alpha value is -2.72. The normalized spacial score (nSPS) is 13.7. The maximum atomic E-state index is 13.4. The van der Waals surface area contributed by atoms with Gasteiger partial charge in [0.1, 0.15) is 0 Å². The molecule has 4 nitrogen and oxygen atoms in total. The maximum Gasteiger partial charge on any atom is 0.254 e. The third kappa shape index (κ3) is 3.46. The van der Waals surface area contributed by atoms with Crippen LogP contribution in [0.1, 0.15) is 40.4 Å². The first-order valence-electron chi connectivity index (χ1n) is 9.19. The maximum absolute atomic E-state index is 13.4. The summed E-state index contributed by atoms with van der Waals surface area (Å²) in [7, 11) is 0. The van der Waals surface area contributed by atoms with Crippen molar-refractivity contribution in [1.82, 2.24) is 9.88 Å². The van der Waals surface area contributed by atoms with Crippen LogP contribution in [0.15, 0.2) is 60.7 Å². The van der Waals surface area contributed by atoms with Crippen LogP contribution in [-0.2, 0) is 6.54 Å². The van der Waals surface area contributed by atoms with Gasteiger partial charge >= 0.3 is 0 Å². The lowest BCUT2D eigenvalue weighted by molar-refractivity contribution is 0.0750. The average molecular weight is 345 g/mol. The second-order valence-electron chi connectivity index (χ2n) is 6.89. The molecule has 2 N–H and O–H groups in total. The number of benzene rings is 2. The summed E-state index contributed by atoms with van der Waals surface area (Å²) in [5, 5.41) is 0.914. The summed E-state index contributed by atoms with van der Waals surface area (Å²) in [4.78, 5) is 20.0. The van der Waals surface area contributed by atoms with Crippen LogP contribution in [0.5, 0.6) is 0 Å². The molecule has 0 spiro atoms. The zero-order chi connectivity index (χ0) is 17.9. The number of hydrogen-bond donors (Lipinski definition) is 1. The number of fused-ring (bicyclic) bond motifs is 1. The second kappa shape index (κ2) is 7.26. The van der Waals surface area contributed by atoms with E-state index in [1.807, 2.05) is 65.6 Å². The van der Waals surface area contributed by atoms with Crippen LogP contribution in [-0.4, -0.2) is 28.9 Å². The van der Waals surface area contributed by atoms with Gasteiger partial charge in [-0.25, -0.2) is 0 Å². The van der Waals surface area contributed by atoms with Crippen LogP contribution in [0.4, 0.5) is 0 Å². The van der Waals surface area contributed by atoms with E-state index >= 15 is 0 Å². The highest BCUT2D eigenvalue weighted by Gasteiger charge is 2.28. The molecule has 132 valence electrons. The monoisotopic (exact) mass is 345 g/mol. The zero-order valence-corrected chi connectivity index (χ0v) is 14.8. The average Bonchev–Trinajstić information content (AvgIpc) is 3.52. The van der Waals surface area contributed by atoms with E-state index in [1.165, 1.54) is 0 Å². The molecule has 0 atom stereocenters. The fourth-order valence-corrected chi connectivity index (χ4v) is 3.34. The van der Waals surface area contributed by atoms with Crippen molar-refractivity contribution in [1.29, 1.82) is 0 Å². The summed E-state index contributed by atoms with van der Waals surface area (Å²) >= 11 is 0. The van der Waals surface area contributed by atoms with Crippen molar-refractivity contribution in [2.24, 2.45) is 5.73 Å². The largest absolute Gasteiger partial charge is 0.333 e. The van der Waals surface area contributed by atoms with Crippen LogP contribution in [0, 0.1) is 0 Å². The van der Waals surface area contributed by atoms with E-state index in [0.717, 1.165) is 40.6 Å². The number of hydrogen-bond acceptors (Lipinski definition) is 3. The van der Waals surface area contributed by atoms with Gasteiger partial charge < -0.3 is 10.6 Å². The lowest BCUT2D eigenvalue weighted by Gasteiger charge is -2.23. The quantitative estimate of drug-likeness (QED) is 0.741. The predicted molar refractivity (Wildman–Crippen MR) is 104 cm³/mol. The molecule has 0 saturated heterocycles. The number of carbonyl (C=O) groups excluding carboxylic acids is 1. The van der Waals surface area contributed by atoms with Crippen LogP contribution < -0.4 is 5.73 Å². The Morgan fingerprint density at radius 3 is 2.54 bits per heavy atom. The molecule has 0 aliphatic heterocycles. The third-order valence-electron chi connectivity index (χ3n) is 4.86. The van der Waals surface area contributed by atoms with Gasteiger partial charge in [0.25, 0.3) is 5.91 Å². The first-order chi connectivity index (χ1) is 12.8. The third-order valence-corrected chi connectivity index (χ3v) is 4.86. The van der Waals surface area contributed by atoms with E-state index in [2.05, 4.69) is 0 Å². The lowest BCUT2D eigenvalue weighted by atomic mass is 10.0. The molecule has 1 heterocycles. The summed E-state index contributed by atoms with van der Waals surface area (Å²) in [5.74, 6) is 0.531. The number of pyridine rings is 1. The minimum atomic E-state index is 0.0276. The van der Waals surface area contributed by atoms with Crippen molar-refractivity contribution >= 4 is 16.8 Å². The smallest absolute Gasteiger partial charge is 0.254 e. The summed E-state index contributed by atoms with van der Waals surface area (Å²) in [6.07, 6.45) is 2.32. The van der Waals surface area contributed by atoms with Gasteiger partial charge in [0.05, 0.1) is 11.1 Å². The minimum absolute atomic E-state index is 0.0276. The van der Waals surface area contributed by atoms with Crippen molar-refractivity contribution in [3.8, 4) is 0 Å². The van der Waals surface area contributed by atoms with Gasteiger partial charge in [0.2, 0.25) is 0 Å².